The van der Waals surface area contributed by atoms with Gasteiger partial charge in [-0.05, 0) is 56.4 Å². The number of hydrogen-bond acceptors (Lipinski definition) is 7. The van der Waals surface area contributed by atoms with Gasteiger partial charge in [-0.2, -0.15) is 0 Å². The number of amides is 1. The van der Waals surface area contributed by atoms with Crippen LogP contribution in [0.15, 0.2) is 18.2 Å². The quantitative estimate of drug-likeness (QED) is 0.271. The third-order valence-electron chi connectivity index (χ3n) is 7.07. The van der Waals surface area contributed by atoms with E-state index in [-0.39, 0.29) is 22.6 Å². The molecule has 1 aliphatic heterocycles. The zero-order chi connectivity index (χ0) is 21.3. The molecule has 2 aliphatic carbocycles. The lowest BCUT2D eigenvalue weighted by Crippen LogP contribution is -2.55. The van der Waals surface area contributed by atoms with Gasteiger partial charge in [-0.1, -0.05) is 18.2 Å². The summed E-state index contributed by atoms with van der Waals surface area (Å²) in [5.41, 5.74) is 6.22. The summed E-state index contributed by atoms with van der Waals surface area (Å²) in [6.07, 6.45) is 4.68. The standard InChI is InChI=1S/C21H32BN3O5/c23-10-11-24-15-6-4-14(5-7-15)21(8-9-21)20(28)25-17-12-13-2-1-3-16(19(26)27)18(13)30-22(17)29/h1-3,14-15,17,19,24,26-27,29H,4-12,23H2,(H,25,28)/t14-,15-,17-/m0/s1. The topological polar surface area (TPSA) is 137 Å². The molecule has 4 rings (SSSR count). The van der Waals surface area contributed by atoms with E-state index in [2.05, 4.69) is 10.6 Å². The summed E-state index contributed by atoms with van der Waals surface area (Å²) < 4.78 is 5.57. The number of nitrogens with one attached hydrogen (secondary N) is 2. The number of aliphatic hydroxyl groups is 2. The van der Waals surface area contributed by atoms with E-state index >= 15 is 0 Å². The van der Waals surface area contributed by atoms with Crippen molar-refractivity contribution in [3.63, 3.8) is 0 Å². The van der Waals surface area contributed by atoms with Gasteiger partial charge in [-0.15, -0.1) is 0 Å². The predicted molar refractivity (Wildman–Crippen MR) is 112 cm³/mol. The number of para-hydroxylation sites is 1. The van der Waals surface area contributed by atoms with Crippen LogP contribution in [0.5, 0.6) is 5.75 Å². The van der Waals surface area contributed by atoms with Crippen molar-refractivity contribution in [1.82, 2.24) is 10.6 Å². The molecular formula is C21H32BN3O5. The SMILES string of the molecule is NCCN[C@H]1CC[C@H](C2(C(=O)N[C@H]3Cc4cccc(C(O)O)c4OB3O)CC2)CC1. The average Bonchev–Trinajstić information content (AvgIpc) is 3.55. The Kier molecular flexibility index (Phi) is 6.36. The van der Waals surface area contributed by atoms with Crippen LogP contribution in [0.25, 0.3) is 0 Å². The number of carbonyl (C=O) groups is 1. The van der Waals surface area contributed by atoms with E-state index in [4.69, 9.17) is 10.4 Å². The smallest absolute Gasteiger partial charge is 0.534 e. The first-order valence-electron chi connectivity index (χ1n) is 11.0. The summed E-state index contributed by atoms with van der Waals surface area (Å²) in [4.78, 5) is 13.2. The Balaban J connectivity index is 1.38. The highest BCUT2D eigenvalue weighted by Crippen LogP contribution is 2.56. The molecule has 1 aromatic carbocycles. The number of hydrogen-bond donors (Lipinski definition) is 6. The fourth-order valence-electron chi connectivity index (χ4n) is 5.18. The molecule has 1 heterocycles. The van der Waals surface area contributed by atoms with Crippen molar-refractivity contribution < 1.29 is 24.7 Å². The normalized spacial score (nSPS) is 27.4. The van der Waals surface area contributed by atoms with Crippen molar-refractivity contribution in [3.05, 3.63) is 29.3 Å². The Morgan fingerprint density at radius 2 is 2.00 bits per heavy atom. The first kappa shape index (κ1) is 21.6. The molecule has 9 heteroatoms. The van der Waals surface area contributed by atoms with Crippen molar-refractivity contribution in [2.75, 3.05) is 13.1 Å². The molecule has 0 radical (unpaired) electrons. The third kappa shape index (κ3) is 4.22. The number of aliphatic hydroxyl groups excluding tert-OH is 1. The lowest BCUT2D eigenvalue weighted by atomic mass is 9.71. The fourth-order valence-corrected chi connectivity index (χ4v) is 5.18. The molecular weight excluding hydrogens is 385 g/mol. The Bertz CT molecular complexity index is 765. The van der Waals surface area contributed by atoms with Gasteiger partial charge >= 0.3 is 7.12 Å². The third-order valence-corrected chi connectivity index (χ3v) is 7.07. The second-order valence-electron chi connectivity index (χ2n) is 8.95. The molecule has 0 aromatic heterocycles. The molecule has 2 fully saturated rings. The summed E-state index contributed by atoms with van der Waals surface area (Å²) in [6, 6.07) is 5.57. The Labute approximate surface area is 177 Å². The van der Waals surface area contributed by atoms with Crippen LogP contribution < -0.4 is 21.0 Å². The molecule has 30 heavy (non-hydrogen) atoms. The minimum Gasteiger partial charge on any atom is -0.534 e. The van der Waals surface area contributed by atoms with Crippen LogP contribution in [0.1, 0.15) is 55.9 Å². The largest absolute Gasteiger partial charge is 0.547 e. The van der Waals surface area contributed by atoms with Gasteiger partial charge in [-0.25, -0.2) is 0 Å². The molecule has 1 aromatic rings. The summed E-state index contributed by atoms with van der Waals surface area (Å²) >= 11 is 0. The van der Waals surface area contributed by atoms with Gasteiger partial charge in [0.15, 0.2) is 6.29 Å². The minimum absolute atomic E-state index is 0.00955. The van der Waals surface area contributed by atoms with E-state index in [1.54, 1.807) is 12.1 Å². The highest BCUT2D eigenvalue weighted by molar-refractivity contribution is 6.46. The zero-order valence-corrected chi connectivity index (χ0v) is 17.2. The van der Waals surface area contributed by atoms with E-state index in [9.17, 15) is 20.0 Å². The molecule has 1 amide bonds. The maximum absolute atomic E-state index is 13.2. The maximum Gasteiger partial charge on any atom is 0.547 e. The summed E-state index contributed by atoms with van der Waals surface area (Å²) in [6.45, 7) is 1.47. The van der Waals surface area contributed by atoms with Gasteiger partial charge in [0.05, 0.1) is 11.4 Å². The van der Waals surface area contributed by atoms with E-state index in [0.29, 0.717) is 24.9 Å². The van der Waals surface area contributed by atoms with Gasteiger partial charge < -0.3 is 36.3 Å². The van der Waals surface area contributed by atoms with E-state index in [1.165, 1.54) is 0 Å². The zero-order valence-electron chi connectivity index (χ0n) is 17.2. The Morgan fingerprint density at radius 3 is 2.63 bits per heavy atom. The number of fused-ring (bicyclic) bond motifs is 1. The minimum atomic E-state index is -1.68. The van der Waals surface area contributed by atoms with Gasteiger partial charge in [0.25, 0.3) is 0 Å². The predicted octanol–water partition coefficient (Wildman–Crippen LogP) is -0.00350. The molecule has 8 nitrogen and oxygen atoms in total. The Hall–Kier alpha value is -1.65. The number of carbonyl (C=O) groups excluding carboxylic acids is 1. The molecule has 2 saturated carbocycles. The second kappa shape index (κ2) is 8.84. The van der Waals surface area contributed by atoms with Crippen LogP contribution in [0.4, 0.5) is 0 Å². The number of benzene rings is 1. The summed E-state index contributed by atoms with van der Waals surface area (Å²) in [5, 5.41) is 36.0. The van der Waals surface area contributed by atoms with Gasteiger partial charge in [0.1, 0.15) is 5.75 Å². The van der Waals surface area contributed by atoms with Crippen molar-refractivity contribution in [1.29, 1.82) is 0 Å². The van der Waals surface area contributed by atoms with Crippen LogP contribution in [-0.2, 0) is 11.2 Å². The maximum atomic E-state index is 13.2. The molecule has 0 bridgehead atoms. The van der Waals surface area contributed by atoms with Crippen LogP contribution in [0, 0.1) is 11.3 Å². The monoisotopic (exact) mass is 417 g/mol. The van der Waals surface area contributed by atoms with E-state index < -0.39 is 19.3 Å². The Morgan fingerprint density at radius 1 is 1.27 bits per heavy atom. The molecule has 0 unspecified atom stereocenters. The van der Waals surface area contributed by atoms with Crippen LogP contribution in [0.2, 0.25) is 0 Å². The van der Waals surface area contributed by atoms with E-state index in [0.717, 1.165) is 50.6 Å². The summed E-state index contributed by atoms with van der Waals surface area (Å²) in [5.74, 6) is 0.111. The molecule has 3 aliphatic rings. The van der Waals surface area contributed by atoms with Crippen molar-refractivity contribution in [3.8, 4) is 5.75 Å². The van der Waals surface area contributed by atoms with Crippen LogP contribution in [0.3, 0.4) is 0 Å². The summed E-state index contributed by atoms with van der Waals surface area (Å²) in [7, 11) is -1.23. The fraction of sp³-hybridized carbons (Fsp3) is 0.667. The van der Waals surface area contributed by atoms with Gasteiger partial charge in [0.2, 0.25) is 5.91 Å². The van der Waals surface area contributed by atoms with Gasteiger partial charge in [-0.3, -0.25) is 4.79 Å². The van der Waals surface area contributed by atoms with Crippen LogP contribution >= 0.6 is 0 Å². The molecule has 0 spiro atoms. The van der Waals surface area contributed by atoms with Crippen molar-refractivity contribution in [2.24, 2.45) is 17.1 Å². The molecule has 7 N–H and O–H groups in total. The molecule has 1 atom stereocenters. The number of nitrogens with two attached hydrogens (primary N) is 1. The number of rotatable bonds is 7. The molecule has 164 valence electrons. The lowest BCUT2D eigenvalue weighted by molar-refractivity contribution is -0.129. The highest BCUT2D eigenvalue weighted by Gasteiger charge is 2.56. The van der Waals surface area contributed by atoms with Crippen LogP contribution in [-0.4, -0.2) is 53.3 Å². The average molecular weight is 417 g/mol. The van der Waals surface area contributed by atoms with Gasteiger partial charge in [0, 0.05) is 24.7 Å². The van der Waals surface area contributed by atoms with Crippen molar-refractivity contribution in [2.45, 2.75) is 63.2 Å². The first-order valence-corrected chi connectivity index (χ1v) is 11.0. The van der Waals surface area contributed by atoms with Crippen molar-refractivity contribution >= 4 is 13.0 Å². The highest BCUT2D eigenvalue weighted by atomic mass is 16.5. The van der Waals surface area contributed by atoms with E-state index in [1.807, 2.05) is 6.07 Å². The first-order chi connectivity index (χ1) is 14.4. The lowest BCUT2D eigenvalue weighted by Gasteiger charge is -2.35. The molecule has 0 saturated heterocycles. The second-order valence-corrected chi connectivity index (χ2v) is 8.95.